The Bertz CT molecular complexity index is 997. The first-order chi connectivity index (χ1) is 15.2. The monoisotopic (exact) mass is 462 g/mol. The van der Waals surface area contributed by atoms with E-state index in [-0.39, 0.29) is 24.6 Å². The SMILES string of the molecule is CN=CC(=C(N)C(=O)N1CC(F)(F)C[C@@H](C)C1CNc1ncc(Cl)cn1)c1ccccc1. The molecule has 1 aliphatic heterocycles. The van der Waals surface area contributed by atoms with Gasteiger partial charge in [-0.25, -0.2) is 18.7 Å². The predicted molar refractivity (Wildman–Crippen MR) is 122 cm³/mol. The molecule has 1 unspecified atom stereocenters. The van der Waals surface area contributed by atoms with Crippen molar-refractivity contribution in [1.29, 1.82) is 0 Å². The van der Waals surface area contributed by atoms with Gasteiger partial charge < -0.3 is 16.0 Å². The molecular weight excluding hydrogens is 438 g/mol. The molecule has 0 radical (unpaired) electrons. The van der Waals surface area contributed by atoms with Gasteiger partial charge in [0.25, 0.3) is 11.8 Å². The average Bonchev–Trinajstić information content (AvgIpc) is 2.76. The van der Waals surface area contributed by atoms with Crippen molar-refractivity contribution in [2.75, 3.05) is 25.5 Å². The zero-order valence-corrected chi connectivity index (χ0v) is 18.6. The highest BCUT2D eigenvalue weighted by Crippen LogP contribution is 2.35. The molecule has 1 aromatic carbocycles. The second-order valence-electron chi connectivity index (χ2n) is 7.72. The van der Waals surface area contributed by atoms with Crippen LogP contribution in [0.2, 0.25) is 5.02 Å². The van der Waals surface area contributed by atoms with Gasteiger partial charge in [0.05, 0.1) is 30.0 Å². The van der Waals surface area contributed by atoms with E-state index in [0.717, 1.165) is 4.90 Å². The van der Waals surface area contributed by atoms with E-state index in [1.54, 1.807) is 38.2 Å². The molecule has 10 heteroatoms. The van der Waals surface area contributed by atoms with Crippen LogP contribution < -0.4 is 11.1 Å². The van der Waals surface area contributed by atoms with E-state index in [1.165, 1.54) is 18.6 Å². The minimum Gasteiger partial charge on any atom is -0.394 e. The van der Waals surface area contributed by atoms with E-state index in [2.05, 4.69) is 20.3 Å². The van der Waals surface area contributed by atoms with E-state index in [4.69, 9.17) is 17.3 Å². The van der Waals surface area contributed by atoms with Gasteiger partial charge in [-0.1, -0.05) is 48.9 Å². The van der Waals surface area contributed by atoms with Crippen LogP contribution in [0.3, 0.4) is 0 Å². The molecule has 0 saturated carbocycles. The molecule has 1 aromatic heterocycles. The number of likely N-dealkylation sites (tertiary alicyclic amines) is 1. The largest absolute Gasteiger partial charge is 0.394 e. The number of carbonyl (C=O) groups is 1. The maximum Gasteiger partial charge on any atom is 0.270 e. The molecule has 0 aliphatic carbocycles. The van der Waals surface area contributed by atoms with Gasteiger partial charge in [-0.2, -0.15) is 0 Å². The Morgan fingerprint density at radius 2 is 2.00 bits per heavy atom. The standard InChI is InChI=1S/C22H25ClF2N6O/c1-14-8-22(24,25)13-31(18(14)12-30-21-28-9-16(23)10-29-21)20(32)19(26)17(11-27-2)15-6-4-3-5-7-15/h3-7,9-11,14,18H,8,12-13,26H2,1-2H3,(H,28,29,30)/t14-,18?/m1/s1. The first kappa shape index (κ1) is 23.6. The highest BCUT2D eigenvalue weighted by Gasteiger charge is 2.46. The maximum absolute atomic E-state index is 14.4. The summed E-state index contributed by atoms with van der Waals surface area (Å²) in [7, 11) is 1.55. The summed E-state index contributed by atoms with van der Waals surface area (Å²) in [6.07, 6.45) is 3.98. The van der Waals surface area contributed by atoms with Crippen molar-refractivity contribution in [3.63, 3.8) is 0 Å². The smallest absolute Gasteiger partial charge is 0.270 e. The number of aliphatic imine (C=N–C) groups is 1. The van der Waals surface area contributed by atoms with Crippen LogP contribution in [0.5, 0.6) is 0 Å². The zero-order chi connectivity index (χ0) is 23.3. The summed E-state index contributed by atoms with van der Waals surface area (Å²) >= 11 is 5.80. The summed E-state index contributed by atoms with van der Waals surface area (Å²) in [5.74, 6) is -3.89. The molecule has 1 aliphatic rings. The number of rotatable bonds is 6. The van der Waals surface area contributed by atoms with Crippen molar-refractivity contribution in [3.8, 4) is 0 Å². The number of halogens is 3. The van der Waals surface area contributed by atoms with Gasteiger partial charge in [-0.15, -0.1) is 0 Å². The van der Waals surface area contributed by atoms with Crippen molar-refractivity contribution < 1.29 is 13.6 Å². The summed E-state index contributed by atoms with van der Waals surface area (Å²) in [4.78, 5) is 26.6. The minimum atomic E-state index is -3.02. The van der Waals surface area contributed by atoms with Gasteiger partial charge >= 0.3 is 0 Å². The quantitative estimate of drug-likeness (QED) is 0.506. The molecule has 2 atom stereocenters. The highest BCUT2D eigenvalue weighted by molar-refractivity contribution is 6.30. The summed E-state index contributed by atoms with van der Waals surface area (Å²) in [6.45, 7) is 1.14. The molecule has 2 aromatic rings. The van der Waals surface area contributed by atoms with Gasteiger partial charge in [0, 0.05) is 31.8 Å². The summed E-state index contributed by atoms with van der Waals surface area (Å²) in [5, 5.41) is 3.38. The van der Waals surface area contributed by atoms with Gasteiger partial charge in [0.15, 0.2) is 0 Å². The molecule has 3 rings (SSSR count). The van der Waals surface area contributed by atoms with Crippen LogP contribution in [-0.2, 0) is 4.79 Å². The number of anilines is 1. The normalized spacial score (nSPS) is 21.3. The van der Waals surface area contributed by atoms with E-state index in [0.29, 0.717) is 16.2 Å². The Labute approximate surface area is 190 Å². The fourth-order valence-electron chi connectivity index (χ4n) is 3.79. The summed E-state index contributed by atoms with van der Waals surface area (Å²) in [5.41, 5.74) is 7.14. The lowest BCUT2D eigenvalue weighted by atomic mass is 9.88. The Balaban J connectivity index is 1.91. The topological polar surface area (TPSA) is 96.5 Å². The van der Waals surface area contributed by atoms with Crippen molar-refractivity contribution in [2.45, 2.75) is 25.3 Å². The number of allylic oxidation sites excluding steroid dienone is 1. The predicted octanol–water partition coefficient (Wildman–Crippen LogP) is 3.48. The van der Waals surface area contributed by atoms with Gasteiger partial charge in [0.2, 0.25) is 5.95 Å². The second kappa shape index (κ2) is 10.0. The number of nitrogens with one attached hydrogen (secondary N) is 1. The van der Waals surface area contributed by atoms with E-state index >= 15 is 0 Å². The first-order valence-corrected chi connectivity index (χ1v) is 10.5. The molecule has 2 heterocycles. The van der Waals surface area contributed by atoms with Crippen LogP contribution in [-0.4, -0.2) is 59.1 Å². The fraction of sp³-hybridized carbons (Fsp3) is 0.364. The molecule has 1 fully saturated rings. The number of alkyl halides is 2. The number of nitrogens with zero attached hydrogens (tertiary/aromatic N) is 4. The molecule has 7 nitrogen and oxygen atoms in total. The molecule has 0 spiro atoms. The number of piperidine rings is 1. The van der Waals surface area contributed by atoms with E-state index in [1.807, 2.05) is 6.07 Å². The Kier molecular flexibility index (Phi) is 7.40. The average molecular weight is 463 g/mol. The number of carbonyl (C=O) groups excluding carboxylic acids is 1. The van der Waals surface area contributed by atoms with Crippen molar-refractivity contribution in [2.24, 2.45) is 16.6 Å². The Hall–Kier alpha value is -3.07. The fourth-order valence-corrected chi connectivity index (χ4v) is 3.89. The molecular formula is C22H25ClF2N6O. The number of hydrogen-bond acceptors (Lipinski definition) is 6. The summed E-state index contributed by atoms with van der Waals surface area (Å²) < 4.78 is 28.9. The van der Waals surface area contributed by atoms with Crippen molar-refractivity contribution >= 4 is 35.2 Å². The molecule has 1 amide bonds. The van der Waals surface area contributed by atoms with E-state index in [9.17, 15) is 13.6 Å². The maximum atomic E-state index is 14.4. The number of benzene rings is 1. The highest BCUT2D eigenvalue weighted by atomic mass is 35.5. The first-order valence-electron chi connectivity index (χ1n) is 10.1. The number of aromatic nitrogens is 2. The van der Waals surface area contributed by atoms with Gasteiger partial charge in [-0.3, -0.25) is 9.79 Å². The van der Waals surface area contributed by atoms with Crippen molar-refractivity contribution in [3.05, 3.63) is 59.0 Å². The Morgan fingerprint density at radius 1 is 1.34 bits per heavy atom. The lowest BCUT2D eigenvalue weighted by Crippen LogP contribution is -2.58. The van der Waals surface area contributed by atoms with Crippen LogP contribution in [0.15, 0.2) is 53.4 Å². The summed E-state index contributed by atoms with van der Waals surface area (Å²) in [6, 6.07) is 8.44. The lowest BCUT2D eigenvalue weighted by molar-refractivity contribution is -0.148. The lowest BCUT2D eigenvalue weighted by Gasteiger charge is -2.43. The minimum absolute atomic E-state index is 0.139. The third kappa shape index (κ3) is 5.59. The number of amides is 1. The van der Waals surface area contributed by atoms with Crippen LogP contribution in [0, 0.1) is 5.92 Å². The van der Waals surface area contributed by atoms with E-state index < -0.39 is 30.3 Å². The molecule has 32 heavy (non-hydrogen) atoms. The van der Waals surface area contributed by atoms with Crippen LogP contribution in [0.4, 0.5) is 14.7 Å². The third-order valence-electron chi connectivity index (χ3n) is 5.29. The van der Waals surface area contributed by atoms with Gasteiger partial charge in [0.1, 0.15) is 5.70 Å². The van der Waals surface area contributed by atoms with Gasteiger partial charge in [-0.05, 0) is 11.5 Å². The van der Waals surface area contributed by atoms with Crippen molar-refractivity contribution in [1.82, 2.24) is 14.9 Å². The number of hydrogen-bond donors (Lipinski definition) is 2. The van der Waals surface area contributed by atoms with Crippen LogP contribution in [0.25, 0.3) is 5.57 Å². The third-order valence-corrected chi connectivity index (χ3v) is 5.49. The van der Waals surface area contributed by atoms with Crippen LogP contribution in [0.1, 0.15) is 18.9 Å². The molecule has 3 N–H and O–H groups in total. The van der Waals surface area contributed by atoms with Crippen LogP contribution >= 0.6 is 11.6 Å². The molecule has 0 bridgehead atoms. The Morgan fingerprint density at radius 3 is 2.62 bits per heavy atom. The molecule has 1 saturated heterocycles. The zero-order valence-electron chi connectivity index (χ0n) is 17.8. The molecule has 170 valence electrons. The second-order valence-corrected chi connectivity index (χ2v) is 8.16. The number of nitrogens with two attached hydrogens (primary N) is 1.